The largest absolute Gasteiger partial charge is 0.331 e. The number of aryl methyl sites for hydroxylation is 3. The fraction of sp³-hybridized carbons (Fsp3) is 0.353. The summed E-state index contributed by atoms with van der Waals surface area (Å²) in [7, 11) is 0. The van der Waals surface area contributed by atoms with E-state index in [1.807, 2.05) is 32.0 Å². The molecule has 2 aromatic rings. The molecule has 0 fully saturated rings. The normalized spacial score (nSPS) is 11.6. The Morgan fingerprint density at radius 1 is 1.26 bits per heavy atom. The molecule has 2 rings (SSSR count). The van der Waals surface area contributed by atoms with Gasteiger partial charge in [0.05, 0.1) is 4.92 Å². The number of carbonyl (C=O) groups excluding carboxylic acids is 1. The van der Waals surface area contributed by atoms with Crippen LogP contribution in [0.5, 0.6) is 0 Å². The maximum Gasteiger partial charge on any atom is 0.312 e. The van der Waals surface area contributed by atoms with Crippen LogP contribution in [0.15, 0.2) is 18.2 Å². The molecule has 27 heavy (non-hydrogen) atoms. The van der Waals surface area contributed by atoms with Gasteiger partial charge in [-0.3, -0.25) is 30.4 Å². The molecule has 1 aromatic carbocycles. The van der Waals surface area contributed by atoms with Crippen LogP contribution < -0.4 is 16.2 Å². The predicted octanol–water partition coefficient (Wildman–Crippen LogP) is 2.60. The molecule has 1 aromatic heterocycles. The number of nitro groups is 1. The second-order valence-electron chi connectivity index (χ2n) is 6.28. The molecule has 9 nitrogen and oxygen atoms in total. The van der Waals surface area contributed by atoms with E-state index in [-0.39, 0.29) is 16.5 Å². The number of anilines is 1. The number of nitrogens with zero attached hydrogens (tertiary/aromatic N) is 3. The molecule has 10 heteroatoms. The van der Waals surface area contributed by atoms with Crippen LogP contribution >= 0.6 is 12.2 Å². The number of hydrogen-bond acceptors (Lipinski definition) is 5. The van der Waals surface area contributed by atoms with Gasteiger partial charge in [0, 0.05) is 5.69 Å². The van der Waals surface area contributed by atoms with Gasteiger partial charge in [0.2, 0.25) is 0 Å². The number of amides is 1. The van der Waals surface area contributed by atoms with Gasteiger partial charge >= 0.3 is 5.69 Å². The van der Waals surface area contributed by atoms with Gasteiger partial charge in [-0.25, -0.2) is 0 Å². The second kappa shape index (κ2) is 8.12. The van der Waals surface area contributed by atoms with Crippen LogP contribution in [0.4, 0.5) is 11.4 Å². The Labute approximate surface area is 162 Å². The number of carbonyl (C=O) groups is 1. The van der Waals surface area contributed by atoms with Crippen LogP contribution in [0.3, 0.4) is 0 Å². The molecule has 1 heterocycles. The summed E-state index contributed by atoms with van der Waals surface area (Å²) in [4.78, 5) is 23.0. The van der Waals surface area contributed by atoms with E-state index < -0.39 is 16.9 Å². The lowest BCUT2D eigenvalue weighted by Gasteiger charge is -2.17. The number of thiocarbonyl (C=S) groups is 1. The van der Waals surface area contributed by atoms with E-state index in [1.54, 1.807) is 13.8 Å². The summed E-state index contributed by atoms with van der Waals surface area (Å²) in [6.45, 7) is 8.61. The number of nitrogens with one attached hydrogen (secondary N) is 3. The molecule has 144 valence electrons. The molecule has 0 aliphatic rings. The lowest BCUT2D eigenvalue weighted by molar-refractivity contribution is -0.386. The number of rotatable bonds is 4. The summed E-state index contributed by atoms with van der Waals surface area (Å²) in [6.07, 6.45) is 0. The standard InChI is InChI=1S/C17H22N6O3S/c1-9-6-7-10(2)14(8-9)18-17(27)20-19-16(24)13(5)22-12(4)15(23(25)26)11(3)21-22/h6-8,13H,1-5H3,(H,19,24)(H2,18,20,27)/t13-/m0/s1. The van der Waals surface area contributed by atoms with Crippen molar-refractivity contribution in [2.24, 2.45) is 0 Å². The fourth-order valence-corrected chi connectivity index (χ4v) is 2.81. The van der Waals surface area contributed by atoms with Crippen LogP contribution in [0.25, 0.3) is 0 Å². The first-order chi connectivity index (χ1) is 12.6. The van der Waals surface area contributed by atoms with Crippen molar-refractivity contribution in [3.8, 4) is 0 Å². The quantitative estimate of drug-likeness (QED) is 0.418. The van der Waals surface area contributed by atoms with E-state index in [1.165, 1.54) is 11.6 Å². The minimum Gasteiger partial charge on any atom is -0.331 e. The van der Waals surface area contributed by atoms with Gasteiger partial charge < -0.3 is 5.32 Å². The molecule has 0 unspecified atom stereocenters. The van der Waals surface area contributed by atoms with E-state index in [0.717, 1.165) is 16.8 Å². The van der Waals surface area contributed by atoms with Crippen molar-refractivity contribution in [3.05, 3.63) is 50.8 Å². The van der Waals surface area contributed by atoms with Crippen LogP contribution in [0.2, 0.25) is 0 Å². The molecule has 0 spiro atoms. The molecule has 0 saturated carbocycles. The number of hydrogen-bond donors (Lipinski definition) is 3. The molecule has 0 bridgehead atoms. The smallest absolute Gasteiger partial charge is 0.312 e. The Morgan fingerprint density at radius 3 is 2.52 bits per heavy atom. The Kier molecular flexibility index (Phi) is 6.11. The molecule has 1 amide bonds. The zero-order valence-corrected chi connectivity index (χ0v) is 16.6. The van der Waals surface area contributed by atoms with Crippen molar-refractivity contribution in [1.29, 1.82) is 0 Å². The van der Waals surface area contributed by atoms with Gasteiger partial charge in [0.15, 0.2) is 5.11 Å². The first-order valence-electron chi connectivity index (χ1n) is 8.26. The third kappa shape index (κ3) is 4.59. The third-order valence-electron chi connectivity index (χ3n) is 4.16. The first-order valence-corrected chi connectivity index (χ1v) is 8.66. The summed E-state index contributed by atoms with van der Waals surface area (Å²) < 4.78 is 1.33. The van der Waals surface area contributed by atoms with Crippen LogP contribution in [-0.2, 0) is 4.79 Å². The third-order valence-corrected chi connectivity index (χ3v) is 4.36. The zero-order chi connectivity index (χ0) is 20.3. The summed E-state index contributed by atoms with van der Waals surface area (Å²) in [5, 5.41) is 18.5. The molecule has 0 radical (unpaired) electrons. The topological polar surface area (TPSA) is 114 Å². The predicted molar refractivity (Wildman–Crippen MR) is 106 cm³/mol. The maximum atomic E-state index is 12.4. The van der Waals surface area contributed by atoms with Crippen LogP contribution in [-0.4, -0.2) is 25.7 Å². The fourth-order valence-electron chi connectivity index (χ4n) is 2.65. The average Bonchev–Trinajstić information content (AvgIpc) is 2.89. The number of hydrazine groups is 1. The second-order valence-corrected chi connectivity index (χ2v) is 6.69. The Bertz CT molecular complexity index is 908. The molecular formula is C17H22N6O3S. The summed E-state index contributed by atoms with van der Waals surface area (Å²) >= 11 is 5.20. The molecule has 3 N–H and O–H groups in total. The highest BCUT2D eigenvalue weighted by molar-refractivity contribution is 7.80. The Morgan fingerprint density at radius 2 is 1.93 bits per heavy atom. The molecule has 0 saturated heterocycles. The van der Waals surface area contributed by atoms with Crippen LogP contribution in [0.1, 0.15) is 35.5 Å². The maximum absolute atomic E-state index is 12.4. The van der Waals surface area contributed by atoms with Crippen molar-refractivity contribution in [2.75, 3.05) is 5.32 Å². The van der Waals surface area contributed by atoms with Crippen molar-refractivity contribution >= 4 is 34.6 Å². The first kappa shape index (κ1) is 20.3. The average molecular weight is 390 g/mol. The van der Waals surface area contributed by atoms with E-state index in [4.69, 9.17) is 12.2 Å². The van der Waals surface area contributed by atoms with Gasteiger partial charge in [0.25, 0.3) is 5.91 Å². The van der Waals surface area contributed by atoms with E-state index >= 15 is 0 Å². The highest BCUT2D eigenvalue weighted by Crippen LogP contribution is 2.24. The van der Waals surface area contributed by atoms with Gasteiger partial charge in [-0.2, -0.15) is 5.10 Å². The van der Waals surface area contributed by atoms with E-state index in [2.05, 4.69) is 21.3 Å². The zero-order valence-electron chi connectivity index (χ0n) is 15.8. The number of aromatic nitrogens is 2. The minimum absolute atomic E-state index is 0.0882. The monoisotopic (exact) mass is 390 g/mol. The minimum atomic E-state index is -0.756. The Hall–Kier alpha value is -3.01. The van der Waals surface area contributed by atoms with Crippen molar-refractivity contribution in [2.45, 2.75) is 40.7 Å². The summed E-state index contributed by atoms with van der Waals surface area (Å²) in [6, 6.07) is 5.15. The van der Waals surface area contributed by atoms with E-state index in [0.29, 0.717) is 5.69 Å². The molecule has 0 aliphatic heterocycles. The van der Waals surface area contributed by atoms with Crippen molar-refractivity contribution in [1.82, 2.24) is 20.6 Å². The Balaban J connectivity index is 2.01. The van der Waals surface area contributed by atoms with Crippen LogP contribution in [0, 0.1) is 37.8 Å². The molecule has 0 aliphatic carbocycles. The SMILES string of the molecule is Cc1ccc(C)c(NC(=S)NNC(=O)[C@H](C)n2nc(C)c([N+](=O)[O-])c2C)c1. The lowest BCUT2D eigenvalue weighted by atomic mass is 10.1. The lowest BCUT2D eigenvalue weighted by Crippen LogP contribution is -2.46. The van der Waals surface area contributed by atoms with Gasteiger partial charge in [-0.05, 0) is 64.0 Å². The number of benzene rings is 1. The highest BCUT2D eigenvalue weighted by atomic mass is 32.1. The van der Waals surface area contributed by atoms with Gasteiger partial charge in [-0.1, -0.05) is 12.1 Å². The van der Waals surface area contributed by atoms with Crippen molar-refractivity contribution in [3.63, 3.8) is 0 Å². The molecule has 1 atom stereocenters. The van der Waals surface area contributed by atoms with Gasteiger partial charge in [0.1, 0.15) is 17.4 Å². The van der Waals surface area contributed by atoms with Crippen molar-refractivity contribution < 1.29 is 9.72 Å². The summed E-state index contributed by atoms with van der Waals surface area (Å²) in [5.74, 6) is -0.430. The highest BCUT2D eigenvalue weighted by Gasteiger charge is 2.27. The van der Waals surface area contributed by atoms with E-state index in [9.17, 15) is 14.9 Å². The van der Waals surface area contributed by atoms with Gasteiger partial charge in [-0.15, -0.1) is 0 Å². The molecular weight excluding hydrogens is 368 g/mol. The summed E-state index contributed by atoms with van der Waals surface area (Å²) in [5.41, 5.74) is 8.55.